The van der Waals surface area contributed by atoms with Gasteiger partial charge in [-0.3, -0.25) is 4.79 Å². The molecule has 4 rings (SSSR count). The van der Waals surface area contributed by atoms with Crippen LogP contribution < -0.4 is 10.6 Å². The third kappa shape index (κ3) is 5.35. The average molecular weight is 473 g/mol. The van der Waals surface area contributed by atoms with Gasteiger partial charge in [-0.05, 0) is 34.2 Å². The summed E-state index contributed by atoms with van der Waals surface area (Å²) in [6.07, 6.45) is -0.381. The molecule has 0 spiro atoms. The summed E-state index contributed by atoms with van der Waals surface area (Å²) >= 11 is 0. The molecule has 35 heavy (non-hydrogen) atoms. The van der Waals surface area contributed by atoms with Gasteiger partial charge in [0.1, 0.15) is 12.6 Å². The van der Waals surface area contributed by atoms with Crippen LogP contribution in [0.2, 0.25) is 0 Å². The molecule has 0 fully saturated rings. The van der Waals surface area contributed by atoms with E-state index in [4.69, 9.17) is 4.74 Å². The van der Waals surface area contributed by atoms with Gasteiger partial charge in [0.2, 0.25) is 5.91 Å². The largest absolute Gasteiger partial charge is 0.480 e. The van der Waals surface area contributed by atoms with Crippen LogP contribution in [0.3, 0.4) is 0 Å². The van der Waals surface area contributed by atoms with Gasteiger partial charge in [0.15, 0.2) is 0 Å². The molecule has 0 aromatic heterocycles. The molecule has 0 aliphatic heterocycles. The second kappa shape index (κ2) is 10.9. The van der Waals surface area contributed by atoms with Gasteiger partial charge in [-0.2, -0.15) is 0 Å². The van der Waals surface area contributed by atoms with Gasteiger partial charge in [0, 0.05) is 12.5 Å². The number of alkyl carbamates (subject to hydrolysis) is 1. The number of aliphatic carboxylic acids is 1. The van der Waals surface area contributed by atoms with E-state index in [0.29, 0.717) is 5.56 Å². The van der Waals surface area contributed by atoms with Crippen molar-refractivity contribution in [2.45, 2.75) is 31.2 Å². The fourth-order valence-corrected chi connectivity index (χ4v) is 4.49. The first-order valence-corrected chi connectivity index (χ1v) is 11.7. The van der Waals surface area contributed by atoms with Crippen molar-refractivity contribution in [1.82, 2.24) is 10.6 Å². The first kappa shape index (κ1) is 24.0. The molecule has 1 aliphatic rings. The van der Waals surface area contributed by atoms with E-state index in [9.17, 15) is 19.5 Å². The number of hydrogen-bond acceptors (Lipinski definition) is 4. The van der Waals surface area contributed by atoms with Crippen LogP contribution in [-0.2, 0) is 14.3 Å². The SMILES string of the molecule is CCC(NC(=O)C(CNC(=O)OCC1c2ccccc2-c2ccccc21)c1ccccc1)C(=O)O. The average Bonchev–Trinajstić information content (AvgIpc) is 3.20. The Morgan fingerprint density at radius 2 is 1.46 bits per heavy atom. The monoisotopic (exact) mass is 472 g/mol. The number of carbonyl (C=O) groups is 3. The second-order valence-corrected chi connectivity index (χ2v) is 8.48. The third-order valence-corrected chi connectivity index (χ3v) is 6.34. The Morgan fingerprint density at radius 1 is 0.886 bits per heavy atom. The summed E-state index contributed by atoms with van der Waals surface area (Å²) in [4.78, 5) is 36.9. The molecule has 180 valence electrons. The third-order valence-electron chi connectivity index (χ3n) is 6.34. The summed E-state index contributed by atoms with van der Waals surface area (Å²) in [7, 11) is 0. The first-order chi connectivity index (χ1) is 17.0. The van der Waals surface area contributed by atoms with Gasteiger partial charge in [-0.15, -0.1) is 0 Å². The zero-order valence-corrected chi connectivity index (χ0v) is 19.4. The highest BCUT2D eigenvalue weighted by atomic mass is 16.5. The molecule has 3 N–H and O–H groups in total. The minimum Gasteiger partial charge on any atom is -0.480 e. The Balaban J connectivity index is 1.41. The van der Waals surface area contributed by atoms with Crippen LogP contribution in [0.15, 0.2) is 78.9 Å². The standard InChI is InChI=1S/C28H28N2O5/c1-2-25(27(32)33)30-26(31)23(18-10-4-3-5-11-18)16-29-28(34)35-17-24-21-14-8-6-12-19(21)20-13-7-9-15-22(20)24/h3-15,23-25H,2,16-17H2,1H3,(H,29,34)(H,30,31)(H,32,33). The Bertz CT molecular complexity index is 1170. The summed E-state index contributed by atoms with van der Waals surface area (Å²) in [6.45, 7) is 1.83. The summed E-state index contributed by atoms with van der Waals surface area (Å²) < 4.78 is 5.57. The highest BCUT2D eigenvalue weighted by Crippen LogP contribution is 2.44. The summed E-state index contributed by atoms with van der Waals surface area (Å²) in [5.41, 5.74) is 5.18. The molecule has 0 bridgehead atoms. The van der Waals surface area contributed by atoms with Gasteiger partial charge >= 0.3 is 12.1 Å². The van der Waals surface area contributed by atoms with Crippen LogP contribution >= 0.6 is 0 Å². The Labute approximate surface area is 204 Å². The predicted octanol–water partition coefficient (Wildman–Crippen LogP) is 4.29. The second-order valence-electron chi connectivity index (χ2n) is 8.48. The van der Waals surface area contributed by atoms with E-state index in [1.54, 1.807) is 31.2 Å². The van der Waals surface area contributed by atoms with E-state index in [0.717, 1.165) is 22.3 Å². The molecule has 0 radical (unpaired) electrons. The molecule has 2 unspecified atom stereocenters. The molecule has 2 amide bonds. The number of benzene rings is 3. The van der Waals surface area contributed by atoms with E-state index >= 15 is 0 Å². The lowest BCUT2D eigenvalue weighted by Gasteiger charge is -2.21. The molecule has 3 aromatic rings. The van der Waals surface area contributed by atoms with Gasteiger partial charge in [-0.1, -0.05) is 85.8 Å². The number of rotatable bonds is 9. The number of hydrogen-bond donors (Lipinski definition) is 3. The maximum absolute atomic E-state index is 12.9. The predicted molar refractivity (Wildman–Crippen MR) is 132 cm³/mol. The van der Waals surface area contributed by atoms with Gasteiger partial charge in [0.05, 0.1) is 5.92 Å². The maximum atomic E-state index is 12.9. The van der Waals surface area contributed by atoms with Crippen molar-refractivity contribution in [3.63, 3.8) is 0 Å². The van der Waals surface area contributed by atoms with E-state index < -0.39 is 29.9 Å². The lowest BCUT2D eigenvalue weighted by molar-refractivity contribution is -0.142. The fraction of sp³-hybridized carbons (Fsp3) is 0.250. The zero-order valence-electron chi connectivity index (χ0n) is 19.4. The number of carboxylic acid groups (broad SMARTS) is 1. The van der Waals surface area contributed by atoms with Crippen LogP contribution in [0.25, 0.3) is 11.1 Å². The minimum absolute atomic E-state index is 0.0252. The van der Waals surface area contributed by atoms with Gasteiger partial charge in [0.25, 0.3) is 0 Å². The summed E-state index contributed by atoms with van der Waals surface area (Å²) in [5, 5.41) is 14.5. The van der Waals surface area contributed by atoms with E-state index in [2.05, 4.69) is 22.8 Å². The number of amides is 2. The van der Waals surface area contributed by atoms with Crippen LogP contribution in [0, 0.1) is 0 Å². The van der Waals surface area contributed by atoms with Crippen LogP contribution in [0.4, 0.5) is 4.79 Å². The minimum atomic E-state index is -1.10. The lowest BCUT2D eigenvalue weighted by Crippen LogP contribution is -2.45. The molecule has 7 heteroatoms. The topological polar surface area (TPSA) is 105 Å². The molecular formula is C28H28N2O5. The Kier molecular flexibility index (Phi) is 7.45. The number of carbonyl (C=O) groups excluding carboxylic acids is 2. The Morgan fingerprint density at radius 3 is 2.03 bits per heavy atom. The van der Waals surface area contributed by atoms with Crippen molar-refractivity contribution in [2.24, 2.45) is 0 Å². The molecule has 1 aliphatic carbocycles. The lowest BCUT2D eigenvalue weighted by atomic mass is 9.97. The van der Waals surface area contributed by atoms with Crippen molar-refractivity contribution in [2.75, 3.05) is 13.2 Å². The highest BCUT2D eigenvalue weighted by Gasteiger charge is 2.30. The van der Waals surface area contributed by atoms with E-state index in [1.807, 2.05) is 42.5 Å². The van der Waals surface area contributed by atoms with Gasteiger partial charge < -0.3 is 20.5 Å². The maximum Gasteiger partial charge on any atom is 0.407 e. The smallest absolute Gasteiger partial charge is 0.407 e. The zero-order chi connectivity index (χ0) is 24.8. The number of fused-ring (bicyclic) bond motifs is 3. The molecule has 7 nitrogen and oxygen atoms in total. The van der Waals surface area contributed by atoms with Gasteiger partial charge in [-0.25, -0.2) is 9.59 Å². The number of nitrogens with one attached hydrogen (secondary N) is 2. The normalized spacial score (nSPS) is 13.7. The van der Waals surface area contributed by atoms with Crippen LogP contribution in [0.1, 0.15) is 41.9 Å². The highest BCUT2D eigenvalue weighted by molar-refractivity contribution is 5.88. The van der Waals surface area contributed by atoms with Crippen molar-refractivity contribution in [3.05, 3.63) is 95.6 Å². The van der Waals surface area contributed by atoms with Crippen LogP contribution in [-0.4, -0.2) is 42.3 Å². The molecule has 2 atom stereocenters. The number of carboxylic acids is 1. The molecule has 0 heterocycles. The van der Waals surface area contributed by atoms with Crippen molar-refractivity contribution >= 4 is 18.0 Å². The van der Waals surface area contributed by atoms with Crippen molar-refractivity contribution in [1.29, 1.82) is 0 Å². The first-order valence-electron chi connectivity index (χ1n) is 11.7. The van der Waals surface area contributed by atoms with E-state index in [1.165, 1.54) is 0 Å². The van der Waals surface area contributed by atoms with E-state index in [-0.39, 0.29) is 25.5 Å². The molecule has 3 aromatic carbocycles. The Hall–Kier alpha value is -4.13. The number of ether oxygens (including phenoxy) is 1. The summed E-state index contributed by atoms with van der Waals surface area (Å²) in [6, 6.07) is 24.1. The summed E-state index contributed by atoms with van der Waals surface area (Å²) in [5.74, 6) is -2.39. The quantitative estimate of drug-likeness (QED) is 0.431. The van der Waals surface area contributed by atoms with Crippen LogP contribution in [0.5, 0.6) is 0 Å². The van der Waals surface area contributed by atoms with Crippen molar-refractivity contribution < 1.29 is 24.2 Å². The van der Waals surface area contributed by atoms with Crippen molar-refractivity contribution in [3.8, 4) is 11.1 Å². The molecule has 0 saturated carbocycles. The molecule has 0 saturated heterocycles. The molecular weight excluding hydrogens is 444 g/mol. The fourth-order valence-electron chi connectivity index (χ4n) is 4.49.